The van der Waals surface area contributed by atoms with Gasteiger partial charge < -0.3 is 9.47 Å². The molecule has 1 heterocycles. The van der Waals surface area contributed by atoms with E-state index in [4.69, 9.17) is 26.3 Å². The van der Waals surface area contributed by atoms with Crippen LogP contribution in [-0.4, -0.2) is 22.9 Å². The van der Waals surface area contributed by atoms with Crippen LogP contribution in [0, 0.1) is 25.2 Å². The average molecular weight is 396 g/mol. The van der Waals surface area contributed by atoms with Crippen molar-refractivity contribution in [2.75, 3.05) is 7.11 Å². The van der Waals surface area contributed by atoms with Crippen LogP contribution in [0.3, 0.4) is 0 Å². The second-order valence-electron chi connectivity index (χ2n) is 6.16. The Morgan fingerprint density at radius 2 is 1.93 bits per heavy atom. The summed E-state index contributed by atoms with van der Waals surface area (Å²) in [4.78, 5) is 11.5. The predicted octanol–water partition coefficient (Wildman–Crippen LogP) is 4.38. The summed E-state index contributed by atoms with van der Waals surface area (Å²) in [5.41, 5.74) is 4.14. The highest BCUT2D eigenvalue weighted by Crippen LogP contribution is 2.28. The quantitative estimate of drug-likeness (QED) is 0.599. The van der Waals surface area contributed by atoms with Gasteiger partial charge in [0.05, 0.1) is 34.6 Å². The molecule has 2 aromatic carbocycles. The molecule has 0 aliphatic heterocycles. The Bertz CT molecular complexity index is 1070. The number of nitriles is 1. The number of aromatic nitrogens is 2. The van der Waals surface area contributed by atoms with Crippen molar-refractivity contribution in [1.29, 1.82) is 5.26 Å². The summed E-state index contributed by atoms with van der Waals surface area (Å²) in [6.07, 6.45) is 0. The van der Waals surface area contributed by atoms with E-state index >= 15 is 0 Å². The van der Waals surface area contributed by atoms with Crippen molar-refractivity contribution in [1.82, 2.24) is 9.78 Å². The van der Waals surface area contributed by atoms with Gasteiger partial charge in [-0.05, 0) is 49.7 Å². The van der Waals surface area contributed by atoms with Crippen LogP contribution in [-0.2, 0) is 11.3 Å². The smallest absolute Gasteiger partial charge is 0.337 e. The third kappa shape index (κ3) is 3.85. The largest absolute Gasteiger partial charge is 0.485 e. The number of halogens is 1. The second-order valence-corrected chi connectivity index (χ2v) is 6.57. The highest BCUT2D eigenvalue weighted by molar-refractivity contribution is 6.31. The van der Waals surface area contributed by atoms with E-state index in [2.05, 4.69) is 5.10 Å². The first-order valence-corrected chi connectivity index (χ1v) is 8.88. The summed E-state index contributed by atoms with van der Waals surface area (Å²) < 4.78 is 12.4. The Kier molecular flexibility index (Phi) is 5.67. The van der Waals surface area contributed by atoms with Crippen LogP contribution in [0.15, 0.2) is 42.5 Å². The molecule has 0 fully saturated rings. The van der Waals surface area contributed by atoms with E-state index in [0.717, 1.165) is 22.6 Å². The van der Waals surface area contributed by atoms with Gasteiger partial charge in [-0.2, -0.15) is 10.4 Å². The fraction of sp³-hybridized carbons (Fsp3) is 0.190. The van der Waals surface area contributed by atoms with Crippen LogP contribution in [0.5, 0.6) is 5.75 Å². The summed E-state index contributed by atoms with van der Waals surface area (Å²) in [5, 5.41) is 13.9. The lowest BCUT2D eigenvalue weighted by atomic mass is 10.1. The van der Waals surface area contributed by atoms with Gasteiger partial charge in [0.1, 0.15) is 18.4 Å². The van der Waals surface area contributed by atoms with Crippen molar-refractivity contribution in [2.24, 2.45) is 0 Å². The standard InChI is InChI=1S/C21H18ClN3O3/c1-13-20(28-12-15-4-6-16(7-5-15)21(26)27-3)14(2)25(24-13)18-9-8-17(11-23)19(22)10-18/h4-10H,12H2,1-3H3. The highest BCUT2D eigenvalue weighted by atomic mass is 35.5. The molecule has 0 N–H and O–H groups in total. The van der Waals surface area contributed by atoms with Crippen LogP contribution < -0.4 is 4.74 Å². The van der Waals surface area contributed by atoms with E-state index in [1.165, 1.54) is 7.11 Å². The van der Waals surface area contributed by atoms with Crippen LogP contribution >= 0.6 is 11.6 Å². The maximum absolute atomic E-state index is 11.5. The number of carbonyl (C=O) groups is 1. The fourth-order valence-corrected chi connectivity index (χ4v) is 3.04. The minimum Gasteiger partial charge on any atom is -0.485 e. The average Bonchev–Trinajstić information content (AvgIpc) is 2.99. The van der Waals surface area contributed by atoms with E-state index in [1.54, 1.807) is 35.0 Å². The van der Waals surface area contributed by atoms with Crippen molar-refractivity contribution in [3.8, 4) is 17.5 Å². The number of hydrogen-bond acceptors (Lipinski definition) is 5. The molecule has 0 atom stereocenters. The number of carbonyl (C=O) groups excluding carboxylic acids is 1. The molecule has 3 rings (SSSR count). The molecule has 0 saturated heterocycles. The third-order valence-corrected chi connectivity index (χ3v) is 4.61. The first kappa shape index (κ1) is 19.5. The van der Waals surface area contributed by atoms with Crippen LogP contribution in [0.2, 0.25) is 5.02 Å². The topological polar surface area (TPSA) is 77.1 Å². The monoisotopic (exact) mass is 395 g/mol. The Morgan fingerprint density at radius 3 is 2.54 bits per heavy atom. The fourth-order valence-electron chi connectivity index (χ4n) is 2.83. The molecule has 0 spiro atoms. The molecular formula is C21H18ClN3O3. The maximum Gasteiger partial charge on any atom is 0.337 e. The number of esters is 1. The zero-order chi connectivity index (χ0) is 20.3. The predicted molar refractivity (Wildman–Crippen MR) is 105 cm³/mol. The minimum atomic E-state index is -0.374. The summed E-state index contributed by atoms with van der Waals surface area (Å²) in [6, 6.07) is 14.2. The number of ether oxygens (including phenoxy) is 2. The second kappa shape index (κ2) is 8.15. The van der Waals surface area contributed by atoms with Crippen molar-refractivity contribution in [2.45, 2.75) is 20.5 Å². The molecular weight excluding hydrogens is 378 g/mol. The Morgan fingerprint density at radius 1 is 1.21 bits per heavy atom. The molecule has 0 aliphatic carbocycles. The molecule has 142 valence electrons. The highest BCUT2D eigenvalue weighted by Gasteiger charge is 2.15. The van der Waals surface area contributed by atoms with E-state index in [-0.39, 0.29) is 5.97 Å². The minimum absolute atomic E-state index is 0.336. The number of rotatable bonds is 5. The number of benzene rings is 2. The molecule has 1 aromatic heterocycles. The number of methoxy groups -OCH3 is 1. The van der Waals surface area contributed by atoms with Gasteiger partial charge in [-0.15, -0.1) is 0 Å². The van der Waals surface area contributed by atoms with Gasteiger partial charge in [-0.3, -0.25) is 0 Å². The van der Waals surface area contributed by atoms with E-state index in [9.17, 15) is 4.79 Å². The van der Waals surface area contributed by atoms with Gasteiger partial charge in [0.25, 0.3) is 0 Å². The zero-order valence-electron chi connectivity index (χ0n) is 15.7. The molecule has 0 amide bonds. The molecule has 0 unspecified atom stereocenters. The first-order valence-electron chi connectivity index (χ1n) is 8.51. The Hall–Kier alpha value is -3.30. The van der Waals surface area contributed by atoms with Gasteiger partial charge in [0, 0.05) is 0 Å². The van der Waals surface area contributed by atoms with E-state index in [1.807, 2.05) is 32.0 Å². The van der Waals surface area contributed by atoms with Gasteiger partial charge in [-0.25, -0.2) is 9.48 Å². The van der Waals surface area contributed by atoms with Crippen molar-refractivity contribution in [3.63, 3.8) is 0 Å². The molecule has 0 bridgehead atoms. The molecule has 7 heteroatoms. The van der Waals surface area contributed by atoms with Crippen LogP contribution in [0.25, 0.3) is 5.69 Å². The molecule has 28 heavy (non-hydrogen) atoms. The zero-order valence-corrected chi connectivity index (χ0v) is 16.4. The summed E-state index contributed by atoms with van der Waals surface area (Å²) in [6.45, 7) is 4.11. The summed E-state index contributed by atoms with van der Waals surface area (Å²) in [5.74, 6) is 0.305. The first-order chi connectivity index (χ1) is 13.4. The van der Waals surface area contributed by atoms with Gasteiger partial charge in [0.15, 0.2) is 5.75 Å². The summed E-state index contributed by atoms with van der Waals surface area (Å²) in [7, 11) is 1.35. The van der Waals surface area contributed by atoms with Crippen molar-refractivity contribution >= 4 is 17.6 Å². The summed E-state index contributed by atoms with van der Waals surface area (Å²) >= 11 is 6.14. The van der Waals surface area contributed by atoms with Gasteiger partial charge in [-0.1, -0.05) is 23.7 Å². The Labute approximate surface area is 167 Å². The Balaban J connectivity index is 1.80. The lowest BCUT2D eigenvalue weighted by molar-refractivity contribution is 0.0600. The van der Waals surface area contributed by atoms with Crippen molar-refractivity contribution in [3.05, 3.63) is 75.6 Å². The number of nitrogens with zero attached hydrogens (tertiary/aromatic N) is 3. The maximum atomic E-state index is 11.5. The lowest BCUT2D eigenvalue weighted by Crippen LogP contribution is -2.02. The van der Waals surface area contributed by atoms with Gasteiger partial charge >= 0.3 is 5.97 Å². The van der Waals surface area contributed by atoms with E-state index in [0.29, 0.717) is 28.5 Å². The van der Waals surface area contributed by atoms with Crippen LogP contribution in [0.1, 0.15) is 32.9 Å². The SMILES string of the molecule is COC(=O)c1ccc(COc2c(C)nn(-c3ccc(C#N)c(Cl)c3)c2C)cc1. The van der Waals surface area contributed by atoms with Gasteiger partial charge in [0.2, 0.25) is 0 Å². The molecule has 6 nitrogen and oxygen atoms in total. The molecule has 3 aromatic rings. The lowest BCUT2D eigenvalue weighted by Gasteiger charge is -2.09. The molecule has 0 radical (unpaired) electrons. The third-order valence-electron chi connectivity index (χ3n) is 4.30. The number of hydrogen-bond donors (Lipinski definition) is 0. The van der Waals surface area contributed by atoms with Crippen molar-refractivity contribution < 1.29 is 14.3 Å². The van der Waals surface area contributed by atoms with Crippen LogP contribution in [0.4, 0.5) is 0 Å². The molecule has 0 aliphatic rings. The van der Waals surface area contributed by atoms with E-state index < -0.39 is 0 Å². The number of aryl methyl sites for hydroxylation is 1. The normalized spacial score (nSPS) is 10.4. The molecule has 0 saturated carbocycles.